The van der Waals surface area contributed by atoms with E-state index < -0.39 is 10.0 Å². The molecule has 0 aromatic heterocycles. The number of non-ortho nitro benzene ring substituents is 1. The molecule has 0 N–H and O–H groups in total. The summed E-state index contributed by atoms with van der Waals surface area (Å²) in [6, 6.07) is 5.27. The molecule has 0 bridgehead atoms. The molecule has 0 atom stereocenters. The molecule has 64 valence electrons. The third kappa shape index (κ3) is 3.88. The first kappa shape index (κ1) is 13.3. The molecule has 0 aliphatic carbocycles. The number of hydrogen-bond donors (Lipinski definition) is 1. The minimum atomic E-state index is -0.521. The van der Waals surface area contributed by atoms with E-state index in [1.807, 2.05) is 0 Å². The van der Waals surface area contributed by atoms with Crippen molar-refractivity contribution in [1.29, 1.82) is 0 Å². The molecule has 0 radical (unpaired) electrons. The third-order valence-electron chi connectivity index (χ3n) is 1.33. The van der Waals surface area contributed by atoms with Crippen molar-refractivity contribution in [2.45, 2.75) is 0 Å². The average molecular weight is 223 g/mol. The van der Waals surface area contributed by atoms with E-state index in [2.05, 4.69) is 12.6 Å². The van der Waals surface area contributed by atoms with Gasteiger partial charge in [-0.25, -0.2) is 0 Å². The molecule has 0 unspecified atom stereocenters. The van der Waals surface area contributed by atoms with Crippen LogP contribution in [-0.2, 0) is 0 Å². The van der Waals surface area contributed by atoms with Crippen LogP contribution in [0.2, 0.25) is 0 Å². The fourth-order valence-corrected chi connectivity index (χ4v) is 0.875. The first-order valence-electron chi connectivity index (χ1n) is 3.09. The Labute approximate surface area is 124 Å². The molecule has 0 aliphatic heterocycles. The van der Waals surface area contributed by atoms with Crippen LogP contribution >= 0.6 is 12.6 Å². The summed E-state index contributed by atoms with van der Waals surface area (Å²) >= 11 is 3.56. The van der Waals surface area contributed by atoms with Crippen molar-refractivity contribution in [3.8, 4) is 0 Å². The van der Waals surface area contributed by atoms with Gasteiger partial charge in [0.15, 0.2) is 0 Å². The second kappa shape index (κ2) is 5.89. The Morgan fingerprint density at radius 2 is 1.85 bits per heavy atom. The molecule has 13 heavy (non-hydrogen) atoms. The Hall–Kier alpha value is 0.276. The van der Waals surface area contributed by atoms with Crippen molar-refractivity contribution in [1.82, 2.24) is 0 Å². The van der Waals surface area contributed by atoms with Crippen molar-refractivity contribution >= 4 is 23.4 Å². The Kier molecular flexibility index (Phi) is 6.02. The summed E-state index contributed by atoms with van der Waals surface area (Å²) in [6.07, 6.45) is 0. The molecule has 0 saturated carbocycles. The number of thiol groups is 1. The minimum Gasteiger partial charge on any atom is -1.00 e. The van der Waals surface area contributed by atoms with Crippen LogP contribution in [0.15, 0.2) is 24.3 Å². The van der Waals surface area contributed by atoms with Gasteiger partial charge in [0.2, 0.25) is 5.12 Å². The van der Waals surface area contributed by atoms with E-state index in [9.17, 15) is 14.9 Å². The third-order valence-corrected chi connectivity index (χ3v) is 1.58. The van der Waals surface area contributed by atoms with Crippen LogP contribution in [0.1, 0.15) is 11.8 Å². The number of nitrogens with zero attached hydrogens (tertiary/aromatic N) is 1. The maximum Gasteiger partial charge on any atom is 1.00 e. The number of nitro groups is 1. The smallest absolute Gasteiger partial charge is 1.00 e. The van der Waals surface area contributed by atoms with Crippen molar-refractivity contribution in [3.05, 3.63) is 39.9 Å². The van der Waals surface area contributed by atoms with Gasteiger partial charge in [0.1, 0.15) is 0 Å². The zero-order valence-electron chi connectivity index (χ0n) is 7.93. The average Bonchev–Trinajstić information content (AvgIpc) is 2.04. The maximum atomic E-state index is 10.6. The second-order valence-corrected chi connectivity index (χ2v) is 2.52. The molecule has 0 amide bonds. The molecular weight excluding hydrogens is 217 g/mol. The minimum absolute atomic E-state index is 0. The van der Waals surface area contributed by atoms with Gasteiger partial charge in [-0.15, -0.1) is 12.6 Å². The van der Waals surface area contributed by atoms with Crippen LogP contribution in [0, 0.1) is 10.1 Å². The quantitative estimate of drug-likeness (QED) is 0.296. The maximum absolute atomic E-state index is 10.6. The van der Waals surface area contributed by atoms with E-state index in [0.717, 1.165) is 0 Å². The summed E-state index contributed by atoms with van der Waals surface area (Å²) in [5.74, 6) is 0. The summed E-state index contributed by atoms with van der Waals surface area (Å²) in [5, 5.41) is 9.79. The molecule has 0 aliphatic rings. The molecule has 0 heterocycles. The Morgan fingerprint density at radius 1 is 1.38 bits per heavy atom. The van der Waals surface area contributed by atoms with Gasteiger partial charge in [-0.2, -0.15) is 0 Å². The fraction of sp³-hybridized carbons (Fsp3) is 0. The van der Waals surface area contributed by atoms with Gasteiger partial charge in [-0.05, 0) is 12.1 Å². The van der Waals surface area contributed by atoms with Gasteiger partial charge >= 0.3 is 51.4 Å². The second-order valence-electron chi connectivity index (χ2n) is 2.11. The Bertz CT molecular complexity index is 297. The SMILES string of the molecule is O=C(S)c1ccc([N+](=O)[O-])cc1.[H-].[K+]. The number of hydrogen-bond acceptors (Lipinski definition) is 3. The van der Waals surface area contributed by atoms with E-state index >= 15 is 0 Å². The Balaban J connectivity index is 0. The monoisotopic (exact) mass is 223 g/mol. The van der Waals surface area contributed by atoms with E-state index in [1.165, 1.54) is 24.3 Å². The standard InChI is InChI=1S/C7H5NO3S.K.H/c9-7(12)5-1-3-6(4-2-5)8(10)11;;/h1-4H,(H,9,12);;/q;+1;-1. The molecule has 4 nitrogen and oxygen atoms in total. The van der Waals surface area contributed by atoms with Crippen LogP contribution in [-0.4, -0.2) is 10.0 Å². The van der Waals surface area contributed by atoms with Gasteiger partial charge < -0.3 is 1.43 Å². The molecule has 1 rings (SSSR count). The predicted octanol–water partition coefficient (Wildman–Crippen LogP) is -1.22. The number of carbonyl (C=O) groups is 1. The van der Waals surface area contributed by atoms with Crippen LogP contribution in [0.25, 0.3) is 0 Å². The largest absolute Gasteiger partial charge is 1.00 e. The van der Waals surface area contributed by atoms with Crippen LogP contribution in [0.3, 0.4) is 0 Å². The van der Waals surface area contributed by atoms with Crippen molar-refractivity contribution < 1.29 is 62.5 Å². The van der Waals surface area contributed by atoms with Crippen molar-refractivity contribution in [2.24, 2.45) is 0 Å². The van der Waals surface area contributed by atoms with Gasteiger partial charge in [0.25, 0.3) is 5.69 Å². The molecule has 1 aromatic rings. The molecule has 0 fully saturated rings. The summed E-state index contributed by atoms with van der Waals surface area (Å²) in [4.78, 5) is 20.3. The molecule has 0 saturated heterocycles. The summed E-state index contributed by atoms with van der Waals surface area (Å²) < 4.78 is 0. The van der Waals surface area contributed by atoms with E-state index in [4.69, 9.17) is 0 Å². The number of benzene rings is 1. The van der Waals surface area contributed by atoms with Gasteiger partial charge in [-0.3, -0.25) is 14.9 Å². The molecule has 1 aromatic carbocycles. The molecule has 6 heteroatoms. The van der Waals surface area contributed by atoms with Crippen LogP contribution < -0.4 is 51.4 Å². The molecule has 0 spiro atoms. The van der Waals surface area contributed by atoms with Gasteiger partial charge in [-0.1, -0.05) is 0 Å². The predicted molar refractivity (Wildman–Crippen MR) is 47.5 cm³/mol. The van der Waals surface area contributed by atoms with Crippen LogP contribution in [0.4, 0.5) is 5.69 Å². The zero-order chi connectivity index (χ0) is 9.14. The van der Waals surface area contributed by atoms with E-state index in [1.54, 1.807) is 0 Å². The van der Waals surface area contributed by atoms with Crippen molar-refractivity contribution in [3.63, 3.8) is 0 Å². The first-order chi connectivity index (χ1) is 5.61. The van der Waals surface area contributed by atoms with Crippen molar-refractivity contribution in [2.75, 3.05) is 0 Å². The topological polar surface area (TPSA) is 60.2 Å². The summed E-state index contributed by atoms with van der Waals surface area (Å²) in [7, 11) is 0. The van der Waals surface area contributed by atoms with Crippen LogP contribution in [0.5, 0.6) is 0 Å². The summed E-state index contributed by atoms with van der Waals surface area (Å²) in [5.41, 5.74) is 0.317. The van der Waals surface area contributed by atoms with Gasteiger partial charge in [0, 0.05) is 17.7 Å². The Morgan fingerprint density at radius 3 is 2.15 bits per heavy atom. The normalized spacial score (nSPS) is 8.69. The molecular formula is C7H6KNO3S. The fourth-order valence-electron chi connectivity index (χ4n) is 0.726. The van der Waals surface area contributed by atoms with Gasteiger partial charge in [0.05, 0.1) is 4.92 Å². The van der Waals surface area contributed by atoms with E-state index in [-0.39, 0.29) is 58.5 Å². The first-order valence-corrected chi connectivity index (χ1v) is 3.54. The van der Waals surface area contributed by atoms with E-state index in [0.29, 0.717) is 5.56 Å². The number of nitro benzene ring substituents is 1. The summed E-state index contributed by atoms with van der Waals surface area (Å²) in [6.45, 7) is 0. The number of rotatable bonds is 2. The zero-order valence-corrected chi connectivity index (χ0v) is 10.9. The number of carbonyl (C=O) groups excluding carboxylic acids is 1.